The first kappa shape index (κ1) is 12.0. The zero-order valence-electron chi connectivity index (χ0n) is 9.48. The average molecular weight is 241 g/mol. The molecule has 1 aromatic rings. The van der Waals surface area contributed by atoms with Crippen molar-refractivity contribution < 1.29 is 9.47 Å². The predicted molar refractivity (Wildman–Crippen MR) is 66.1 cm³/mol. The van der Waals surface area contributed by atoms with Gasteiger partial charge in [-0.15, -0.1) is 0 Å². The summed E-state index contributed by atoms with van der Waals surface area (Å²) in [5.74, 6) is 0. The second kappa shape index (κ2) is 7.01. The first-order valence-electron chi connectivity index (χ1n) is 5.86. The summed E-state index contributed by atoms with van der Waals surface area (Å²) in [7, 11) is 0. The Bertz CT molecular complexity index is 271. The van der Waals surface area contributed by atoms with Crippen LogP contribution in [0.5, 0.6) is 0 Å². The van der Waals surface area contributed by atoms with E-state index in [4.69, 9.17) is 9.47 Å². The molecule has 1 N–H and O–H groups in total. The molecule has 2 heterocycles. The van der Waals surface area contributed by atoms with Crippen LogP contribution in [0.3, 0.4) is 0 Å². The third kappa shape index (κ3) is 4.22. The molecule has 0 aliphatic carbocycles. The number of nitrogens with one attached hydrogen (secondary N) is 1. The smallest absolute Gasteiger partial charge is 0.0831 e. The van der Waals surface area contributed by atoms with Crippen LogP contribution in [-0.2, 0) is 15.9 Å². The van der Waals surface area contributed by atoms with Gasteiger partial charge in [0.2, 0.25) is 0 Å². The third-order valence-corrected chi connectivity index (χ3v) is 3.42. The van der Waals surface area contributed by atoms with Gasteiger partial charge < -0.3 is 14.8 Å². The highest BCUT2D eigenvalue weighted by atomic mass is 32.1. The lowest BCUT2D eigenvalue weighted by Gasteiger charge is -2.10. The van der Waals surface area contributed by atoms with E-state index in [9.17, 15) is 0 Å². The Hall–Kier alpha value is -0.420. The van der Waals surface area contributed by atoms with Crippen LogP contribution in [0.4, 0.5) is 0 Å². The lowest BCUT2D eigenvalue weighted by atomic mass is 10.2. The van der Waals surface area contributed by atoms with Gasteiger partial charge in [0, 0.05) is 13.2 Å². The van der Waals surface area contributed by atoms with Gasteiger partial charge in [-0.1, -0.05) is 0 Å². The van der Waals surface area contributed by atoms with Crippen LogP contribution in [-0.4, -0.2) is 39.0 Å². The zero-order chi connectivity index (χ0) is 11.1. The van der Waals surface area contributed by atoms with Gasteiger partial charge in [-0.3, -0.25) is 0 Å². The minimum absolute atomic E-state index is 0.332. The summed E-state index contributed by atoms with van der Waals surface area (Å²) >= 11 is 1.76. The lowest BCUT2D eigenvalue weighted by molar-refractivity contribution is 0.0446. The summed E-state index contributed by atoms with van der Waals surface area (Å²) in [6, 6.07) is 2.18. The molecule has 3 nitrogen and oxygen atoms in total. The second-order valence-electron chi connectivity index (χ2n) is 3.99. The quantitative estimate of drug-likeness (QED) is 0.737. The van der Waals surface area contributed by atoms with Crippen LogP contribution in [0.2, 0.25) is 0 Å². The number of hydrogen-bond donors (Lipinski definition) is 1. The van der Waals surface area contributed by atoms with Crippen LogP contribution in [0.1, 0.15) is 12.0 Å². The maximum atomic E-state index is 5.65. The predicted octanol–water partition coefficient (Wildman–Crippen LogP) is 1.69. The zero-order valence-corrected chi connectivity index (χ0v) is 10.3. The van der Waals surface area contributed by atoms with Gasteiger partial charge in [0.15, 0.2) is 0 Å². The van der Waals surface area contributed by atoms with Crippen LogP contribution in [0, 0.1) is 0 Å². The minimum Gasteiger partial charge on any atom is -0.379 e. The van der Waals surface area contributed by atoms with E-state index in [1.807, 2.05) is 0 Å². The summed E-state index contributed by atoms with van der Waals surface area (Å²) < 4.78 is 10.9. The van der Waals surface area contributed by atoms with Crippen LogP contribution in [0.25, 0.3) is 0 Å². The molecule has 0 saturated carbocycles. The maximum Gasteiger partial charge on any atom is 0.0831 e. The van der Waals surface area contributed by atoms with E-state index < -0.39 is 0 Å². The average Bonchev–Trinajstić information content (AvgIpc) is 2.96. The Labute approximate surface area is 101 Å². The van der Waals surface area contributed by atoms with E-state index >= 15 is 0 Å². The van der Waals surface area contributed by atoms with Crippen molar-refractivity contribution in [2.45, 2.75) is 18.9 Å². The molecule has 16 heavy (non-hydrogen) atoms. The molecule has 2 rings (SSSR count). The molecule has 90 valence electrons. The van der Waals surface area contributed by atoms with Crippen molar-refractivity contribution in [3.05, 3.63) is 22.4 Å². The van der Waals surface area contributed by atoms with Crippen LogP contribution in [0.15, 0.2) is 16.8 Å². The van der Waals surface area contributed by atoms with Gasteiger partial charge in [0.25, 0.3) is 0 Å². The molecule has 1 aliphatic heterocycles. The third-order valence-electron chi connectivity index (χ3n) is 2.69. The van der Waals surface area contributed by atoms with Gasteiger partial charge in [0.05, 0.1) is 19.3 Å². The Morgan fingerprint density at radius 2 is 2.50 bits per heavy atom. The molecule has 0 radical (unpaired) electrons. The molecule has 4 heteroatoms. The van der Waals surface area contributed by atoms with Gasteiger partial charge >= 0.3 is 0 Å². The summed E-state index contributed by atoms with van der Waals surface area (Å²) in [5.41, 5.74) is 1.42. The van der Waals surface area contributed by atoms with E-state index in [2.05, 4.69) is 22.1 Å². The highest BCUT2D eigenvalue weighted by molar-refractivity contribution is 7.07. The van der Waals surface area contributed by atoms with E-state index in [1.54, 1.807) is 11.3 Å². The van der Waals surface area contributed by atoms with Gasteiger partial charge in [-0.05, 0) is 41.8 Å². The molecule has 1 atom stereocenters. The molecule has 1 saturated heterocycles. The first-order chi connectivity index (χ1) is 7.95. The van der Waals surface area contributed by atoms with Crippen molar-refractivity contribution in [1.29, 1.82) is 0 Å². The molecular formula is C12H19NO2S. The number of ether oxygens (including phenoxy) is 2. The normalized spacial score (nSPS) is 20.4. The molecular weight excluding hydrogens is 222 g/mol. The summed E-state index contributed by atoms with van der Waals surface area (Å²) in [6.45, 7) is 4.38. The molecule has 0 spiro atoms. The van der Waals surface area contributed by atoms with Crippen molar-refractivity contribution in [2.24, 2.45) is 0 Å². The highest BCUT2D eigenvalue weighted by Crippen LogP contribution is 2.07. The largest absolute Gasteiger partial charge is 0.379 e. The number of thiophene rings is 1. The molecule has 1 aliphatic rings. The van der Waals surface area contributed by atoms with E-state index in [0.717, 1.165) is 45.8 Å². The maximum absolute atomic E-state index is 5.65. The van der Waals surface area contributed by atoms with Gasteiger partial charge in [-0.2, -0.15) is 11.3 Å². The Balaban J connectivity index is 1.43. The monoisotopic (exact) mass is 241 g/mol. The Morgan fingerprint density at radius 1 is 1.50 bits per heavy atom. The van der Waals surface area contributed by atoms with E-state index in [0.29, 0.717) is 6.10 Å². The topological polar surface area (TPSA) is 30.5 Å². The van der Waals surface area contributed by atoms with E-state index in [-0.39, 0.29) is 0 Å². The summed E-state index contributed by atoms with van der Waals surface area (Å²) in [5, 5.41) is 7.71. The lowest BCUT2D eigenvalue weighted by Crippen LogP contribution is -2.25. The summed E-state index contributed by atoms with van der Waals surface area (Å²) in [4.78, 5) is 0. The second-order valence-corrected chi connectivity index (χ2v) is 4.77. The molecule has 1 fully saturated rings. The molecule has 1 unspecified atom stereocenters. The van der Waals surface area contributed by atoms with Crippen molar-refractivity contribution in [2.75, 3.05) is 32.9 Å². The first-order valence-corrected chi connectivity index (χ1v) is 6.80. The fraction of sp³-hybridized carbons (Fsp3) is 0.667. The van der Waals surface area contributed by atoms with Crippen LogP contribution >= 0.6 is 11.3 Å². The van der Waals surface area contributed by atoms with Crippen LogP contribution < -0.4 is 5.32 Å². The highest BCUT2D eigenvalue weighted by Gasteiger charge is 2.14. The van der Waals surface area contributed by atoms with Crippen molar-refractivity contribution in [1.82, 2.24) is 5.32 Å². The summed E-state index contributed by atoms with van der Waals surface area (Å²) in [6.07, 6.45) is 2.49. The van der Waals surface area contributed by atoms with Crippen molar-refractivity contribution >= 4 is 11.3 Å². The Kier molecular flexibility index (Phi) is 5.28. The SMILES string of the molecule is c1cc(CCNCCOC2CCOC2)cs1. The minimum atomic E-state index is 0.332. The van der Waals surface area contributed by atoms with Crippen molar-refractivity contribution in [3.63, 3.8) is 0 Å². The van der Waals surface area contributed by atoms with Gasteiger partial charge in [-0.25, -0.2) is 0 Å². The van der Waals surface area contributed by atoms with Crippen molar-refractivity contribution in [3.8, 4) is 0 Å². The fourth-order valence-corrected chi connectivity index (χ4v) is 2.44. The van der Waals surface area contributed by atoms with Gasteiger partial charge in [0.1, 0.15) is 0 Å². The Morgan fingerprint density at radius 3 is 3.25 bits per heavy atom. The number of rotatable bonds is 7. The molecule has 0 amide bonds. The molecule has 1 aromatic heterocycles. The molecule has 0 bridgehead atoms. The fourth-order valence-electron chi connectivity index (χ4n) is 1.73. The van der Waals surface area contributed by atoms with E-state index in [1.165, 1.54) is 5.56 Å². The standard InChI is InChI=1S/C12H19NO2S/c1(11-3-8-16-10-11)4-13-5-7-15-12-2-6-14-9-12/h3,8,10,12-13H,1-2,4-7,9H2. The molecule has 0 aromatic carbocycles. The number of hydrogen-bond acceptors (Lipinski definition) is 4.